The molecule has 88 valence electrons. The van der Waals surface area contributed by atoms with Crippen molar-refractivity contribution in [1.29, 1.82) is 0 Å². The molecule has 1 N–H and O–H groups in total. The number of hydrogen-bond donors (Lipinski definition) is 1. The Hall–Kier alpha value is -0.830. The van der Waals surface area contributed by atoms with Gasteiger partial charge in [0.05, 0.1) is 4.83 Å². The Labute approximate surface area is 106 Å². The summed E-state index contributed by atoms with van der Waals surface area (Å²) in [6.07, 6.45) is 1.86. The van der Waals surface area contributed by atoms with Crippen LogP contribution in [0.1, 0.15) is 31.9 Å². The summed E-state index contributed by atoms with van der Waals surface area (Å²) < 4.78 is 0. The molecule has 0 saturated heterocycles. The summed E-state index contributed by atoms with van der Waals surface area (Å²) in [4.78, 5) is 11.5. The van der Waals surface area contributed by atoms with Crippen LogP contribution < -0.4 is 5.32 Å². The van der Waals surface area contributed by atoms with E-state index in [-0.39, 0.29) is 10.7 Å². The van der Waals surface area contributed by atoms with Crippen LogP contribution in [0.5, 0.6) is 0 Å². The topological polar surface area (TPSA) is 29.1 Å². The van der Waals surface area contributed by atoms with E-state index in [2.05, 4.69) is 47.2 Å². The first-order chi connectivity index (χ1) is 7.60. The normalized spacial score (nSPS) is 12.2. The summed E-state index contributed by atoms with van der Waals surface area (Å²) in [5, 5.41) is 2.99. The standard InChI is InChI=1S/C13H18BrNO/c1-4-10-7-6-8-11(5-2)12(10)15-13(16)9(3)14/h6-9H,4-5H2,1-3H3,(H,15,16)/t9-/m0/s1. The van der Waals surface area contributed by atoms with Crippen molar-refractivity contribution >= 4 is 27.5 Å². The molecule has 2 nitrogen and oxygen atoms in total. The van der Waals surface area contributed by atoms with Gasteiger partial charge in [0.15, 0.2) is 0 Å². The van der Waals surface area contributed by atoms with Crippen LogP contribution in [-0.4, -0.2) is 10.7 Å². The van der Waals surface area contributed by atoms with E-state index in [0.717, 1.165) is 18.5 Å². The maximum absolute atomic E-state index is 11.7. The molecule has 1 amide bonds. The molecular formula is C13H18BrNO. The van der Waals surface area contributed by atoms with Gasteiger partial charge in [-0.05, 0) is 30.9 Å². The van der Waals surface area contributed by atoms with E-state index in [0.29, 0.717) is 0 Å². The van der Waals surface area contributed by atoms with Gasteiger partial charge in [-0.25, -0.2) is 0 Å². The molecule has 0 saturated carbocycles. The van der Waals surface area contributed by atoms with E-state index in [1.54, 1.807) is 0 Å². The summed E-state index contributed by atoms with van der Waals surface area (Å²) in [6.45, 7) is 6.03. The lowest BCUT2D eigenvalue weighted by atomic mass is 10.0. The van der Waals surface area contributed by atoms with Gasteiger partial charge < -0.3 is 5.32 Å². The second kappa shape index (κ2) is 6.04. The molecule has 16 heavy (non-hydrogen) atoms. The van der Waals surface area contributed by atoms with E-state index >= 15 is 0 Å². The van der Waals surface area contributed by atoms with Crippen LogP contribution in [0.25, 0.3) is 0 Å². The van der Waals surface area contributed by atoms with E-state index in [9.17, 15) is 4.79 Å². The zero-order valence-corrected chi connectivity index (χ0v) is 11.6. The summed E-state index contributed by atoms with van der Waals surface area (Å²) >= 11 is 3.28. The summed E-state index contributed by atoms with van der Waals surface area (Å²) in [6, 6.07) is 6.17. The van der Waals surface area contributed by atoms with E-state index < -0.39 is 0 Å². The smallest absolute Gasteiger partial charge is 0.237 e. The Morgan fingerprint density at radius 1 is 1.31 bits per heavy atom. The lowest BCUT2D eigenvalue weighted by Crippen LogP contribution is -2.21. The number of amides is 1. The van der Waals surface area contributed by atoms with Gasteiger partial charge in [-0.2, -0.15) is 0 Å². The second-order valence-corrected chi connectivity index (χ2v) is 5.14. The highest BCUT2D eigenvalue weighted by atomic mass is 79.9. The number of carbonyl (C=O) groups excluding carboxylic acids is 1. The van der Waals surface area contributed by atoms with Gasteiger partial charge in [-0.3, -0.25) is 4.79 Å². The third kappa shape index (κ3) is 3.08. The highest BCUT2D eigenvalue weighted by molar-refractivity contribution is 9.10. The number of aryl methyl sites for hydroxylation is 2. The van der Waals surface area contributed by atoms with Crippen LogP contribution in [0.3, 0.4) is 0 Å². The quantitative estimate of drug-likeness (QED) is 0.842. The number of halogens is 1. The summed E-state index contributed by atoms with van der Waals surface area (Å²) in [5.74, 6) is 0.00981. The van der Waals surface area contributed by atoms with Crippen molar-refractivity contribution in [3.8, 4) is 0 Å². The molecule has 1 aromatic rings. The van der Waals surface area contributed by atoms with Crippen molar-refractivity contribution in [3.05, 3.63) is 29.3 Å². The molecule has 0 heterocycles. The fourth-order valence-corrected chi connectivity index (χ4v) is 1.74. The molecule has 3 heteroatoms. The number of alkyl halides is 1. The Morgan fingerprint density at radius 2 is 1.81 bits per heavy atom. The lowest BCUT2D eigenvalue weighted by molar-refractivity contribution is -0.115. The number of para-hydroxylation sites is 1. The van der Waals surface area contributed by atoms with E-state index in [1.165, 1.54) is 11.1 Å². The zero-order valence-electron chi connectivity index (χ0n) is 10.0. The van der Waals surface area contributed by atoms with Gasteiger partial charge in [0, 0.05) is 5.69 Å². The predicted molar refractivity (Wildman–Crippen MR) is 72.2 cm³/mol. The van der Waals surface area contributed by atoms with E-state index in [1.807, 2.05) is 13.0 Å². The van der Waals surface area contributed by atoms with Crippen LogP contribution in [0.2, 0.25) is 0 Å². The Bertz CT molecular complexity index is 352. The van der Waals surface area contributed by atoms with Gasteiger partial charge >= 0.3 is 0 Å². The number of anilines is 1. The first-order valence-electron chi connectivity index (χ1n) is 5.65. The molecule has 1 rings (SSSR count). The summed E-state index contributed by atoms with van der Waals surface area (Å²) in [7, 11) is 0. The van der Waals surface area contributed by atoms with Gasteiger partial charge in [0.25, 0.3) is 0 Å². The SMILES string of the molecule is CCc1cccc(CC)c1NC(=O)[C@H](C)Br. The Kier molecular flexibility index (Phi) is 5.00. The number of nitrogens with one attached hydrogen (secondary N) is 1. The monoisotopic (exact) mass is 283 g/mol. The largest absolute Gasteiger partial charge is 0.325 e. The van der Waals surface area contributed by atoms with Crippen molar-refractivity contribution in [2.24, 2.45) is 0 Å². The molecular weight excluding hydrogens is 266 g/mol. The van der Waals surface area contributed by atoms with Crippen LogP contribution >= 0.6 is 15.9 Å². The summed E-state index contributed by atoms with van der Waals surface area (Å²) in [5.41, 5.74) is 3.38. The average Bonchev–Trinajstić information content (AvgIpc) is 2.29. The second-order valence-electron chi connectivity index (χ2n) is 3.76. The minimum absolute atomic E-state index is 0.00981. The van der Waals surface area contributed by atoms with Crippen molar-refractivity contribution < 1.29 is 4.79 Å². The molecule has 0 unspecified atom stereocenters. The average molecular weight is 284 g/mol. The molecule has 1 atom stereocenters. The lowest BCUT2D eigenvalue weighted by Gasteiger charge is -2.15. The van der Waals surface area contributed by atoms with Crippen LogP contribution in [0, 0.1) is 0 Å². The highest BCUT2D eigenvalue weighted by Crippen LogP contribution is 2.23. The molecule has 0 aromatic heterocycles. The number of rotatable bonds is 4. The van der Waals surface area contributed by atoms with Gasteiger partial charge in [-0.15, -0.1) is 0 Å². The van der Waals surface area contributed by atoms with Crippen molar-refractivity contribution in [2.45, 2.75) is 38.4 Å². The number of carbonyl (C=O) groups is 1. The van der Waals surface area contributed by atoms with Crippen LogP contribution in [0.15, 0.2) is 18.2 Å². The Morgan fingerprint density at radius 3 is 2.19 bits per heavy atom. The fourth-order valence-electron chi connectivity index (χ4n) is 1.63. The van der Waals surface area contributed by atoms with Gasteiger partial charge in [0.2, 0.25) is 5.91 Å². The van der Waals surface area contributed by atoms with Crippen molar-refractivity contribution in [2.75, 3.05) is 5.32 Å². The van der Waals surface area contributed by atoms with Gasteiger partial charge in [0.1, 0.15) is 0 Å². The molecule has 0 fully saturated rings. The maximum atomic E-state index is 11.7. The van der Waals surface area contributed by atoms with E-state index in [4.69, 9.17) is 0 Å². The predicted octanol–water partition coefficient (Wildman–Crippen LogP) is 3.53. The maximum Gasteiger partial charge on any atom is 0.237 e. The van der Waals surface area contributed by atoms with Crippen molar-refractivity contribution in [1.82, 2.24) is 0 Å². The third-order valence-corrected chi connectivity index (χ3v) is 3.02. The molecule has 0 spiro atoms. The molecule has 0 aliphatic rings. The first kappa shape index (κ1) is 13.2. The molecule has 0 aliphatic heterocycles. The zero-order chi connectivity index (χ0) is 12.1. The Balaban J connectivity index is 3.04. The minimum atomic E-state index is -0.165. The number of benzene rings is 1. The fraction of sp³-hybridized carbons (Fsp3) is 0.462. The van der Waals surface area contributed by atoms with Crippen molar-refractivity contribution in [3.63, 3.8) is 0 Å². The van der Waals surface area contributed by atoms with Crippen LogP contribution in [0.4, 0.5) is 5.69 Å². The molecule has 0 aliphatic carbocycles. The van der Waals surface area contributed by atoms with Crippen LogP contribution in [-0.2, 0) is 17.6 Å². The number of hydrogen-bond acceptors (Lipinski definition) is 1. The third-order valence-electron chi connectivity index (χ3n) is 2.61. The molecule has 0 bridgehead atoms. The van der Waals surface area contributed by atoms with Gasteiger partial charge in [-0.1, -0.05) is 48.0 Å². The molecule has 1 aromatic carbocycles. The molecule has 0 radical (unpaired) electrons. The minimum Gasteiger partial charge on any atom is -0.325 e. The first-order valence-corrected chi connectivity index (χ1v) is 6.57. The highest BCUT2D eigenvalue weighted by Gasteiger charge is 2.13.